The van der Waals surface area contributed by atoms with Crippen molar-refractivity contribution in [3.05, 3.63) is 29.8 Å². The van der Waals surface area contributed by atoms with Gasteiger partial charge in [0.05, 0.1) is 4.11 Å². The van der Waals surface area contributed by atoms with Crippen LogP contribution >= 0.6 is 0 Å². The molecule has 1 aromatic rings. The Balaban J connectivity index is 3.49. The maximum atomic E-state index is 11.3. The number of benzene rings is 1. The van der Waals surface area contributed by atoms with E-state index < -0.39 is 36.0 Å². The summed E-state index contributed by atoms with van der Waals surface area (Å²) >= 11 is 0. The van der Waals surface area contributed by atoms with Gasteiger partial charge in [-0.2, -0.15) is 0 Å². The highest BCUT2D eigenvalue weighted by Crippen LogP contribution is 2.11. The quantitative estimate of drug-likeness (QED) is 0.636. The van der Waals surface area contributed by atoms with E-state index >= 15 is 0 Å². The second-order valence-electron chi connectivity index (χ2n) is 2.20. The Morgan fingerprint density at radius 3 is 3.54 bits per heavy atom. The van der Waals surface area contributed by atoms with Gasteiger partial charge < -0.3 is 16.0 Å². The summed E-state index contributed by atoms with van der Waals surface area (Å²) in [5.74, 6) is -1.91. The molecule has 4 nitrogen and oxygen atoms in total. The minimum Gasteiger partial charge on any atom is -0.508 e. The number of aromatic hydroxyl groups is 1. The molecule has 0 saturated carbocycles. The maximum Gasteiger partial charge on any atom is 0.320 e. The molecule has 4 heteroatoms. The second-order valence-corrected chi connectivity index (χ2v) is 2.20. The molecule has 0 heterocycles. The van der Waals surface area contributed by atoms with Gasteiger partial charge in [-0.25, -0.2) is 0 Å². The van der Waals surface area contributed by atoms with Gasteiger partial charge in [-0.15, -0.1) is 0 Å². The van der Waals surface area contributed by atoms with Crippen LogP contribution in [0.4, 0.5) is 0 Å². The molecule has 4 N–H and O–H groups in total. The third-order valence-electron chi connectivity index (χ3n) is 1.20. The SMILES string of the molecule is [2H]OC(=O)[C@]([2H])(N)C([2H])([2H])c1cc(O[2H])cc([2H])c1[2H]. The molecule has 1 atom stereocenters. The van der Waals surface area contributed by atoms with Crippen molar-refractivity contribution in [1.82, 2.24) is 0 Å². The number of phenols is 1. The largest absolute Gasteiger partial charge is 0.508 e. The molecule has 0 spiro atoms. The van der Waals surface area contributed by atoms with Crippen molar-refractivity contribution in [1.29, 1.82) is 2.86 Å². The molecule has 1 rings (SSSR count). The number of hydrogen-bond donors (Lipinski definition) is 3. The summed E-state index contributed by atoms with van der Waals surface area (Å²) in [6.07, 6.45) is -2.94. The number of carbonyl (C=O) groups is 1. The molecule has 0 radical (unpaired) electrons. The van der Waals surface area contributed by atoms with Crippen molar-refractivity contribution in [2.24, 2.45) is 5.73 Å². The van der Waals surface area contributed by atoms with Crippen LogP contribution in [0.15, 0.2) is 24.2 Å². The number of hydrogen-bond acceptors (Lipinski definition) is 4. The lowest BCUT2D eigenvalue weighted by Crippen LogP contribution is -2.32. The molecule has 0 unspecified atom stereocenters. The smallest absolute Gasteiger partial charge is 0.320 e. The van der Waals surface area contributed by atoms with E-state index in [-0.39, 0.29) is 5.75 Å². The molecule has 0 aliphatic carbocycles. The first-order chi connectivity index (χ1) is 9.09. The molecule has 0 bridgehead atoms. The third-order valence-corrected chi connectivity index (χ3v) is 1.20. The van der Waals surface area contributed by atoms with Crippen LogP contribution < -0.4 is 5.73 Å². The first kappa shape index (κ1) is 3.67. The minimum atomic E-state index is -3.00. The summed E-state index contributed by atoms with van der Waals surface area (Å²) in [5, 5.41) is 7.64. The van der Waals surface area contributed by atoms with Crippen molar-refractivity contribution in [2.45, 2.75) is 12.4 Å². The lowest BCUT2D eigenvalue weighted by atomic mass is 10.1. The van der Waals surface area contributed by atoms with E-state index in [1.165, 1.54) is 0 Å². The predicted octanol–water partition coefficient (Wildman–Crippen LogP) is 0.347. The highest BCUT2D eigenvalue weighted by Gasteiger charge is 2.11. The molecule has 0 amide bonds. The molecule has 0 saturated heterocycles. The van der Waals surface area contributed by atoms with Crippen LogP contribution in [-0.4, -0.2) is 23.6 Å². The summed E-state index contributed by atoms with van der Waals surface area (Å²) in [4.78, 5) is 11.3. The van der Waals surface area contributed by atoms with Gasteiger partial charge in [0.2, 0.25) is 0 Å². The normalized spacial score (nSPS) is 23.0. The van der Waals surface area contributed by atoms with Gasteiger partial charge in [0.15, 0.2) is 0 Å². The number of carboxylic acids is 1. The zero-order valence-corrected chi connectivity index (χ0v) is 6.46. The lowest BCUT2D eigenvalue weighted by Gasteiger charge is -2.05. The molecule has 13 heavy (non-hydrogen) atoms. The molecule has 0 aromatic heterocycles. The van der Waals surface area contributed by atoms with E-state index in [1.807, 2.05) is 0 Å². The first-order valence-electron chi connectivity index (χ1n) is 6.62. The highest BCUT2D eigenvalue weighted by atomic mass is 16.4. The van der Waals surface area contributed by atoms with E-state index in [9.17, 15) is 4.79 Å². The Morgan fingerprint density at radius 1 is 2.00 bits per heavy atom. The number of phenolic OH excluding ortho intramolecular Hbond substituents is 1. The van der Waals surface area contributed by atoms with E-state index in [0.717, 1.165) is 12.1 Å². The number of nitrogens with two attached hydrogens (primary N) is 1. The average molecular weight is 188 g/mol. The van der Waals surface area contributed by atoms with Crippen molar-refractivity contribution in [2.75, 3.05) is 0 Å². The topological polar surface area (TPSA) is 83.5 Å². The van der Waals surface area contributed by atoms with Gasteiger partial charge in [-0.05, 0) is 24.1 Å². The Hall–Kier alpha value is -1.55. The zero-order chi connectivity index (χ0) is 15.7. The number of rotatable bonds is 4. The summed E-state index contributed by atoms with van der Waals surface area (Å²) < 4.78 is 51.3. The Morgan fingerprint density at radius 2 is 2.85 bits per heavy atom. The van der Waals surface area contributed by atoms with E-state index in [1.54, 1.807) is 0 Å². The molecule has 0 fully saturated rings. The van der Waals surface area contributed by atoms with Gasteiger partial charge in [-0.3, -0.25) is 4.79 Å². The van der Waals surface area contributed by atoms with Gasteiger partial charge in [0.1, 0.15) is 11.8 Å². The van der Waals surface area contributed by atoms with Gasteiger partial charge in [0.25, 0.3) is 2.86 Å². The number of carboxylic acid groups (broad SMARTS) is 1. The van der Waals surface area contributed by atoms with E-state index in [4.69, 9.17) is 15.4 Å². The fourth-order valence-corrected chi connectivity index (χ4v) is 0.668. The van der Waals surface area contributed by atoms with Crippen molar-refractivity contribution in [3.63, 3.8) is 0 Å². The predicted molar refractivity (Wildman–Crippen MR) is 47.4 cm³/mol. The second kappa shape index (κ2) is 3.91. The molecule has 0 aliphatic rings. The van der Waals surface area contributed by atoms with Crippen LogP contribution in [0.2, 0.25) is 0 Å². The number of aliphatic carboxylic acids is 1. The molecular formula is C9H11NO3. The maximum absolute atomic E-state index is 11.3. The fourth-order valence-electron chi connectivity index (χ4n) is 0.668. The monoisotopic (exact) mass is 188 g/mol. The first-order valence-corrected chi connectivity index (χ1v) is 3.31. The molecule has 70 valence electrons. The van der Waals surface area contributed by atoms with Crippen LogP contribution in [0.1, 0.15) is 12.4 Å². The third kappa shape index (κ3) is 2.76. The van der Waals surface area contributed by atoms with Gasteiger partial charge >= 0.3 is 5.97 Å². The fraction of sp³-hybridized carbons (Fsp3) is 0.222. The highest BCUT2D eigenvalue weighted by molar-refractivity contribution is 5.73. The molecule has 1 aromatic carbocycles. The summed E-state index contributed by atoms with van der Waals surface area (Å²) in [5.41, 5.74) is 4.67. The van der Waals surface area contributed by atoms with Gasteiger partial charge in [0, 0.05) is 2.74 Å². The zero-order valence-electron chi connectivity index (χ0n) is 13.5. The Labute approximate surface area is 85.6 Å². The van der Waals surface area contributed by atoms with Crippen LogP contribution in [0, 0.1) is 0 Å². The standard InChI is InChI=1S/C9H11NO3/c10-8(9(12)13)5-6-2-1-3-7(11)4-6/h1-4,8,11H,5,10H2,(H,12,13)/t8-/m1/s1/i1D,2D,5D2,8D/hD2. The minimum absolute atomic E-state index is 0.250. The lowest BCUT2D eigenvalue weighted by molar-refractivity contribution is -0.138. The van der Waals surface area contributed by atoms with Crippen molar-refractivity contribution < 1.29 is 21.9 Å². The Bertz CT molecular complexity index is 535. The van der Waals surface area contributed by atoms with E-state index in [0.29, 0.717) is 0 Å². The van der Waals surface area contributed by atoms with Crippen LogP contribution in [0.3, 0.4) is 0 Å². The van der Waals surface area contributed by atoms with Crippen LogP contribution in [0.5, 0.6) is 5.75 Å². The van der Waals surface area contributed by atoms with Gasteiger partial charge in [-0.1, -0.05) is 12.1 Å². The van der Waals surface area contributed by atoms with Crippen LogP contribution in [-0.2, 0) is 11.2 Å². The summed E-state index contributed by atoms with van der Waals surface area (Å²) in [6.45, 7) is 0. The Kier molecular flexibility index (Phi) is 1.10. The molecular weight excluding hydrogens is 170 g/mol. The summed E-state index contributed by atoms with van der Waals surface area (Å²) in [6, 6.07) is -2.20. The molecule has 0 aliphatic heterocycles. The van der Waals surface area contributed by atoms with Crippen molar-refractivity contribution in [3.8, 4) is 5.75 Å². The average Bonchev–Trinajstić information content (AvgIpc) is 2.39. The van der Waals surface area contributed by atoms with E-state index in [2.05, 4.69) is 10.2 Å². The summed E-state index contributed by atoms with van der Waals surface area (Å²) in [7, 11) is 0. The van der Waals surface area contributed by atoms with Crippen LogP contribution in [0.25, 0.3) is 1.43 Å². The van der Waals surface area contributed by atoms with Crippen molar-refractivity contribution >= 4 is 5.97 Å².